The molecule has 1 saturated heterocycles. The number of benzene rings is 2. The summed E-state index contributed by atoms with van der Waals surface area (Å²) in [5.41, 5.74) is 4.61. The van der Waals surface area contributed by atoms with Crippen molar-refractivity contribution in [3.05, 3.63) is 94.3 Å². The molecule has 1 fully saturated rings. The van der Waals surface area contributed by atoms with Crippen molar-refractivity contribution in [2.24, 2.45) is 0 Å². The number of hydrogen-bond donors (Lipinski definition) is 1. The third-order valence-electron chi connectivity index (χ3n) is 6.26. The van der Waals surface area contributed by atoms with Gasteiger partial charge in [-0.05, 0) is 74.8 Å². The zero-order valence-corrected chi connectivity index (χ0v) is 18.6. The molecular formula is C26H29F2N3O. The molecule has 0 bridgehead atoms. The highest BCUT2D eigenvalue weighted by atomic mass is 19.1. The second-order valence-electron chi connectivity index (χ2n) is 8.69. The van der Waals surface area contributed by atoms with Gasteiger partial charge in [-0.15, -0.1) is 0 Å². The number of hydrogen-bond acceptors (Lipinski definition) is 2. The summed E-state index contributed by atoms with van der Waals surface area (Å²) in [5.74, 6) is -0.568. The predicted molar refractivity (Wildman–Crippen MR) is 122 cm³/mol. The van der Waals surface area contributed by atoms with Crippen LogP contribution >= 0.6 is 0 Å². The minimum Gasteiger partial charge on any atom is -0.348 e. The monoisotopic (exact) mass is 437 g/mol. The van der Waals surface area contributed by atoms with E-state index in [9.17, 15) is 13.6 Å². The molecule has 6 heteroatoms. The highest BCUT2D eigenvalue weighted by molar-refractivity contribution is 5.96. The van der Waals surface area contributed by atoms with Gasteiger partial charge in [0.05, 0.1) is 5.56 Å². The summed E-state index contributed by atoms with van der Waals surface area (Å²) in [5, 5.41) is 3.17. The number of rotatable bonds is 7. The molecule has 2 heterocycles. The van der Waals surface area contributed by atoms with Crippen LogP contribution in [0.4, 0.5) is 8.78 Å². The first-order valence-corrected chi connectivity index (χ1v) is 11.1. The lowest BCUT2D eigenvalue weighted by molar-refractivity contribution is 0.0937. The number of likely N-dealkylation sites (N-methyl/N-ethyl adjacent to an activating group) is 1. The average molecular weight is 438 g/mol. The molecule has 1 amide bonds. The van der Waals surface area contributed by atoms with Crippen LogP contribution in [0.3, 0.4) is 0 Å². The summed E-state index contributed by atoms with van der Waals surface area (Å²) in [6, 6.07) is 15.1. The molecule has 0 spiro atoms. The Kier molecular flexibility index (Phi) is 6.70. The normalized spacial score (nSPS) is 16.4. The number of amides is 1. The van der Waals surface area contributed by atoms with Gasteiger partial charge in [0.2, 0.25) is 0 Å². The van der Waals surface area contributed by atoms with Crippen LogP contribution in [0.2, 0.25) is 0 Å². The lowest BCUT2D eigenvalue weighted by Gasteiger charge is -2.14. The van der Waals surface area contributed by atoms with Gasteiger partial charge in [-0.3, -0.25) is 4.79 Å². The third kappa shape index (κ3) is 5.25. The minimum atomic E-state index is -0.266. The van der Waals surface area contributed by atoms with Crippen LogP contribution in [-0.4, -0.2) is 41.6 Å². The summed E-state index contributed by atoms with van der Waals surface area (Å²) in [6.07, 6.45) is 2.28. The average Bonchev–Trinajstić information content (AvgIpc) is 3.32. The van der Waals surface area contributed by atoms with Crippen molar-refractivity contribution in [2.75, 3.05) is 20.1 Å². The first-order valence-electron chi connectivity index (χ1n) is 11.1. The second kappa shape index (κ2) is 9.65. The van der Waals surface area contributed by atoms with Gasteiger partial charge in [0.15, 0.2) is 0 Å². The minimum absolute atomic E-state index is 0.0521. The Bertz CT molecular complexity index is 1070. The van der Waals surface area contributed by atoms with Crippen molar-refractivity contribution < 1.29 is 13.6 Å². The Morgan fingerprint density at radius 3 is 2.25 bits per heavy atom. The lowest BCUT2D eigenvalue weighted by Crippen LogP contribution is -2.36. The highest BCUT2D eigenvalue weighted by Crippen LogP contribution is 2.21. The van der Waals surface area contributed by atoms with Crippen LogP contribution in [0.15, 0.2) is 54.6 Å². The summed E-state index contributed by atoms with van der Waals surface area (Å²) < 4.78 is 28.8. The van der Waals surface area contributed by atoms with Crippen LogP contribution in [0, 0.1) is 18.6 Å². The van der Waals surface area contributed by atoms with Gasteiger partial charge in [0.25, 0.3) is 5.91 Å². The maximum absolute atomic E-state index is 13.3. The number of nitrogens with zero attached hydrogens (tertiary/aromatic N) is 2. The third-order valence-corrected chi connectivity index (χ3v) is 6.26. The zero-order valence-electron chi connectivity index (χ0n) is 18.6. The number of nitrogens with one attached hydrogen (secondary N) is 1. The standard InChI is InChI=1S/C26H29F2N3O/c1-18-25(26(32)29-23-12-13-30(2)17-23)16-24(15-20-5-9-22(28)10-6-20)31(18)14-11-19-3-7-21(27)8-4-19/h3-10,16,23H,11-15,17H2,1-2H3,(H,29,32)/t23-/m1/s1. The molecule has 1 N–H and O–H groups in total. The zero-order chi connectivity index (χ0) is 22.7. The van der Waals surface area contributed by atoms with E-state index in [1.807, 2.05) is 13.0 Å². The fraction of sp³-hybridized carbons (Fsp3) is 0.346. The molecule has 32 heavy (non-hydrogen) atoms. The number of aromatic nitrogens is 1. The molecule has 2 aromatic carbocycles. The molecule has 0 aliphatic carbocycles. The Morgan fingerprint density at radius 1 is 1.03 bits per heavy atom. The van der Waals surface area contributed by atoms with Gasteiger partial charge < -0.3 is 14.8 Å². The molecule has 1 aliphatic rings. The molecule has 1 aliphatic heterocycles. The van der Waals surface area contributed by atoms with E-state index in [4.69, 9.17) is 0 Å². The molecule has 0 radical (unpaired) electrons. The summed E-state index contributed by atoms with van der Waals surface area (Å²) in [4.78, 5) is 15.3. The molecule has 0 saturated carbocycles. The number of halogens is 2. The van der Waals surface area contributed by atoms with Gasteiger partial charge in [-0.2, -0.15) is 0 Å². The van der Waals surface area contributed by atoms with E-state index in [2.05, 4.69) is 21.8 Å². The SMILES string of the molecule is Cc1c(C(=O)N[C@@H]2CCN(C)C2)cc(Cc2ccc(F)cc2)n1CCc1ccc(F)cc1. The molecule has 1 atom stereocenters. The predicted octanol–water partition coefficient (Wildman–Crippen LogP) is 4.34. The maximum atomic E-state index is 13.3. The van der Waals surface area contributed by atoms with Gasteiger partial charge in [-0.25, -0.2) is 8.78 Å². The first-order chi connectivity index (χ1) is 15.4. The Labute approximate surface area is 187 Å². The molecule has 4 nitrogen and oxygen atoms in total. The van der Waals surface area contributed by atoms with E-state index < -0.39 is 0 Å². The van der Waals surface area contributed by atoms with E-state index in [0.29, 0.717) is 18.5 Å². The molecule has 3 aromatic rings. The van der Waals surface area contributed by atoms with Crippen LogP contribution in [0.25, 0.3) is 0 Å². The lowest BCUT2D eigenvalue weighted by atomic mass is 10.1. The van der Waals surface area contributed by atoms with Gasteiger partial charge in [0.1, 0.15) is 11.6 Å². The fourth-order valence-corrected chi connectivity index (χ4v) is 4.42. The second-order valence-corrected chi connectivity index (χ2v) is 8.69. The maximum Gasteiger partial charge on any atom is 0.253 e. The van der Waals surface area contributed by atoms with Crippen LogP contribution < -0.4 is 5.32 Å². The van der Waals surface area contributed by atoms with Crippen molar-refractivity contribution in [3.8, 4) is 0 Å². The van der Waals surface area contributed by atoms with E-state index in [1.165, 1.54) is 24.3 Å². The number of carbonyl (C=O) groups excluding carboxylic acids is 1. The van der Waals surface area contributed by atoms with Crippen molar-refractivity contribution >= 4 is 5.91 Å². The first kappa shape index (κ1) is 22.2. The van der Waals surface area contributed by atoms with Crippen molar-refractivity contribution in [3.63, 3.8) is 0 Å². The van der Waals surface area contributed by atoms with Crippen LogP contribution in [0.1, 0.15) is 39.3 Å². The van der Waals surface area contributed by atoms with Gasteiger partial charge >= 0.3 is 0 Å². The quantitative estimate of drug-likeness (QED) is 0.597. The van der Waals surface area contributed by atoms with Gasteiger partial charge in [0, 0.05) is 36.9 Å². The highest BCUT2D eigenvalue weighted by Gasteiger charge is 2.24. The molecule has 4 rings (SSSR count). The Hall–Kier alpha value is -2.99. The number of carbonyl (C=O) groups is 1. The Morgan fingerprint density at radius 2 is 1.66 bits per heavy atom. The smallest absolute Gasteiger partial charge is 0.253 e. The van der Waals surface area contributed by atoms with E-state index in [0.717, 1.165) is 48.4 Å². The molecular weight excluding hydrogens is 408 g/mol. The molecule has 0 unspecified atom stereocenters. The summed E-state index contributed by atoms with van der Waals surface area (Å²) >= 11 is 0. The number of aryl methyl sites for hydroxylation is 1. The summed E-state index contributed by atoms with van der Waals surface area (Å²) in [6.45, 7) is 4.48. The largest absolute Gasteiger partial charge is 0.348 e. The van der Waals surface area contributed by atoms with Crippen molar-refractivity contribution in [2.45, 2.75) is 38.8 Å². The fourth-order valence-electron chi connectivity index (χ4n) is 4.42. The van der Waals surface area contributed by atoms with Crippen LogP contribution in [0.5, 0.6) is 0 Å². The van der Waals surface area contributed by atoms with Crippen molar-refractivity contribution in [1.29, 1.82) is 0 Å². The van der Waals surface area contributed by atoms with Gasteiger partial charge in [-0.1, -0.05) is 24.3 Å². The number of likely N-dealkylation sites (tertiary alicyclic amines) is 1. The Balaban J connectivity index is 1.58. The topological polar surface area (TPSA) is 37.3 Å². The van der Waals surface area contributed by atoms with Crippen LogP contribution in [-0.2, 0) is 19.4 Å². The molecule has 168 valence electrons. The van der Waals surface area contributed by atoms with E-state index >= 15 is 0 Å². The summed E-state index contributed by atoms with van der Waals surface area (Å²) in [7, 11) is 2.06. The van der Waals surface area contributed by atoms with E-state index in [-0.39, 0.29) is 23.6 Å². The van der Waals surface area contributed by atoms with Crippen molar-refractivity contribution in [1.82, 2.24) is 14.8 Å². The van der Waals surface area contributed by atoms with E-state index in [1.54, 1.807) is 24.3 Å². The molecule has 1 aromatic heterocycles.